The minimum Gasteiger partial charge on any atom is -0.493 e. The number of nitrogens with one attached hydrogen (secondary N) is 1. The molecule has 1 aliphatic carbocycles. The number of carbonyl (C=O) groups is 1. The third-order valence-corrected chi connectivity index (χ3v) is 3.96. The molecule has 0 atom stereocenters. The molecule has 1 aromatic carbocycles. The fourth-order valence-electron chi connectivity index (χ4n) is 2.71. The Morgan fingerprint density at radius 1 is 1.24 bits per heavy atom. The molecule has 116 valence electrons. The van der Waals surface area contributed by atoms with E-state index in [-0.39, 0.29) is 12.3 Å². The Labute approximate surface area is 125 Å². The van der Waals surface area contributed by atoms with Gasteiger partial charge in [0, 0.05) is 6.54 Å². The van der Waals surface area contributed by atoms with E-state index in [1.165, 1.54) is 0 Å². The zero-order valence-corrected chi connectivity index (χ0v) is 12.6. The minimum atomic E-state index is -0.715. The number of ether oxygens (including phenoxy) is 2. The predicted molar refractivity (Wildman–Crippen MR) is 79.7 cm³/mol. The van der Waals surface area contributed by atoms with Crippen molar-refractivity contribution in [3.8, 4) is 11.5 Å². The Morgan fingerprint density at radius 2 is 1.90 bits per heavy atom. The smallest absolute Gasteiger partial charge is 0.224 e. The van der Waals surface area contributed by atoms with Crippen LogP contribution in [0.1, 0.15) is 31.2 Å². The van der Waals surface area contributed by atoms with Gasteiger partial charge in [-0.1, -0.05) is 18.9 Å². The van der Waals surface area contributed by atoms with Crippen molar-refractivity contribution in [1.29, 1.82) is 0 Å². The van der Waals surface area contributed by atoms with Crippen molar-refractivity contribution in [3.05, 3.63) is 23.8 Å². The van der Waals surface area contributed by atoms with Gasteiger partial charge >= 0.3 is 0 Å². The van der Waals surface area contributed by atoms with Crippen LogP contribution in [0.4, 0.5) is 0 Å². The molecule has 1 saturated carbocycles. The summed E-state index contributed by atoms with van der Waals surface area (Å²) in [5.74, 6) is 1.15. The van der Waals surface area contributed by atoms with E-state index in [1.54, 1.807) is 26.4 Å². The molecule has 0 aliphatic heterocycles. The Bertz CT molecular complexity index is 495. The van der Waals surface area contributed by atoms with Gasteiger partial charge < -0.3 is 19.9 Å². The normalized spacial score (nSPS) is 16.5. The van der Waals surface area contributed by atoms with Crippen LogP contribution in [0.3, 0.4) is 0 Å². The summed E-state index contributed by atoms with van der Waals surface area (Å²) in [5.41, 5.74) is 0.135. The highest BCUT2D eigenvalue weighted by Crippen LogP contribution is 2.29. The molecule has 21 heavy (non-hydrogen) atoms. The fourth-order valence-corrected chi connectivity index (χ4v) is 2.71. The number of carbonyl (C=O) groups excluding carboxylic acids is 1. The first-order valence-electron chi connectivity index (χ1n) is 7.26. The molecule has 1 amide bonds. The lowest BCUT2D eigenvalue weighted by molar-refractivity contribution is -0.121. The van der Waals surface area contributed by atoms with Gasteiger partial charge in [-0.3, -0.25) is 4.79 Å². The summed E-state index contributed by atoms with van der Waals surface area (Å²) in [4.78, 5) is 12.0. The quantitative estimate of drug-likeness (QED) is 0.837. The molecule has 5 nitrogen and oxygen atoms in total. The number of rotatable bonds is 6. The summed E-state index contributed by atoms with van der Waals surface area (Å²) < 4.78 is 10.4. The number of methoxy groups -OCH3 is 2. The van der Waals surface area contributed by atoms with Gasteiger partial charge in [-0.15, -0.1) is 0 Å². The Morgan fingerprint density at radius 3 is 2.52 bits per heavy atom. The molecule has 0 radical (unpaired) electrons. The van der Waals surface area contributed by atoms with Crippen molar-refractivity contribution in [2.75, 3.05) is 20.8 Å². The monoisotopic (exact) mass is 293 g/mol. The number of hydrogen-bond acceptors (Lipinski definition) is 4. The fraction of sp³-hybridized carbons (Fsp3) is 0.562. The van der Waals surface area contributed by atoms with Gasteiger partial charge in [-0.25, -0.2) is 0 Å². The van der Waals surface area contributed by atoms with E-state index in [9.17, 15) is 9.90 Å². The summed E-state index contributed by atoms with van der Waals surface area (Å²) in [6.07, 6.45) is 3.85. The van der Waals surface area contributed by atoms with Gasteiger partial charge in [0.1, 0.15) is 0 Å². The molecule has 0 unspecified atom stereocenters. The molecule has 5 heteroatoms. The molecule has 0 bridgehead atoms. The lowest BCUT2D eigenvalue weighted by Crippen LogP contribution is -2.41. The van der Waals surface area contributed by atoms with Crippen molar-refractivity contribution in [1.82, 2.24) is 5.32 Å². The standard InChI is InChI=1S/C16H23NO4/c1-20-13-6-5-12(9-14(13)21-2)10-15(18)17-11-16(19)7-3-4-8-16/h5-6,9,19H,3-4,7-8,10-11H2,1-2H3,(H,17,18). The van der Waals surface area contributed by atoms with E-state index in [0.29, 0.717) is 18.0 Å². The largest absolute Gasteiger partial charge is 0.493 e. The van der Waals surface area contributed by atoms with Crippen LogP contribution < -0.4 is 14.8 Å². The highest BCUT2D eigenvalue weighted by Gasteiger charge is 2.31. The molecule has 0 spiro atoms. The maximum absolute atomic E-state index is 12.0. The maximum Gasteiger partial charge on any atom is 0.224 e. The maximum atomic E-state index is 12.0. The van der Waals surface area contributed by atoms with Crippen molar-refractivity contribution >= 4 is 5.91 Å². The van der Waals surface area contributed by atoms with Crippen LogP contribution in [0.15, 0.2) is 18.2 Å². The average molecular weight is 293 g/mol. The zero-order valence-electron chi connectivity index (χ0n) is 12.6. The minimum absolute atomic E-state index is 0.0949. The topological polar surface area (TPSA) is 67.8 Å². The molecule has 1 aliphatic rings. The number of aliphatic hydroxyl groups is 1. The van der Waals surface area contributed by atoms with E-state index in [1.807, 2.05) is 6.07 Å². The van der Waals surface area contributed by atoms with Crippen molar-refractivity contribution in [2.45, 2.75) is 37.7 Å². The lowest BCUT2D eigenvalue weighted by Gasteiger charge is -2.22. The average Bonchev–Trinajstić information content (AvgIpc) is 2.92. The van der Waals surface area contributed by atoms with Crippen LogP contribution in [0.2, 0.25) is 0 Å². The number of hydrogen-bond donors (Lipinski definition) is 2. The van der Waals surface area contributed by atoms with E-state index >= 15 is 0 Å². The summed E-state index contributed by atoms with van der Waals surface area (Å²) >= 11 is 0. The van der Waals surface area contributed by atoms with Gasteiger partial charge in [0.05, 0.1) is 26.2 Å². The van der Waals surface area contributed by atoms with Crippen LogP contribution in [-0.4, -0.2) is 37.4 Å². The Kier molecular flexibility index (Phi) is 5.07. The molecule has 1 aromatic rings. The van der Waals surface area contributed by atoms with E-state index in [4.69, 9.17) is 9.47 Å². The predicted octanol–water partition coefficient (Wildman–Crippen LogP) is 1.67. The summed E-state index contributed by atoms with van der Waals surface area (Å²) in [5, 5.41) is 13.0. The molecular weight excluding hydrogens is 270 g/mol. The second-order valence-electron chi connectivity index (χ2n) is 5.57. The molecular formula is C16H23NO4. The first-order chi connectivity index (χ1) is 10.1. The number of amides is 1. The van der Waals surface area contributed by atoms with E-state index in [0.717, 1.165) is 31.2 Å². The summed E-state index contributed by atoms with van der Waals surface area (Å²) in [6, 6.07) is 5.42. The molecule has 1 fully saturated rings. The van der Waals surface area contributed by atoms with Gasteiger partial charge in [0.2, 0.25) is 5.91 Å². The molecule has 0 heterocycles. The molecule has 0 saturated heterocycles. The summed E-state index contributed by atoms with van der Waals surface area (Å²) in [6.45, 7) is 0.332. The third-order valence-electron chi connectivity index (χ3n) is 3.96. The molecule has 2 rings (SSSR count). The van der Waals surface area contributed by atoms with Crippen LogP contribution in [0.25, 0.3) is 0 Å². The van der Waals surface area contributed by atoms with Gasteiger partial charge in [-0.05, 0) is 30.5 Å². The third kappa shape index (κ3) is 4.11. The zero-order chi connectivity index (χ0) is 15.3. The molecule has 0 aromatic heterocycles. The SMILES string of the molecule is COc1ccc(CC(=O)NCC2(O)CCCC2)cc1OC. The Balaban J connectivity index is 1.90. The number of benzene rings is 1. The Hall–Kier alpha value is -1.75. The van der Waals surface area contributed by atoms with E-state index < -0.39 is 5.60 Å². The van der Waals surface area contributed by atoms with Crippen LogP contribution in [0, 0.1) is 0 Å². The first kappa shape index (κ1) is 15.6. The second-order valence-corrected chi connectivity index (χ2v) is 5.57. The van der Waals surface area contributed by atoms with Gasteiger partial charge in [0.25, 0.3) is 0 Å². The molecule has 2 N–H and O–H groups in total. The van der Waals surface area contributed by atoms with Crippen molar-refractivity contribution in [3.63, 3.8) is 0 Å². The van der Waals surface area contributed by atoms with Crippen LogP contribution >= 0.6 is 0 Å². The van der Waals surface area contributed by atoms with Crippen molar-refractivity contribution in [2.24, 2.45) is 0 Å². The highest BCUT2D eigenvalue weighted by atomic mass is 16.5. The second kappa shape index (κ2) is 6.80. The first-order valence-corrected chi connectivity index (χ1v) is 7.26. The lowest BCUT2D eigenvalue weighted by atomic mass is 10.0. The van der Waals surface area contributed by atoms with Gasteiger partial charge in [0.15, 0.2) is 11.5 Å². The van der Waals surface area contributed by atoms with E-state index in [2.05, 4.69) is 5.32 Å². The van der Waals surface area contributed by atoms with Crippen molar-refractivity contribution < 1.29 is 19.4 Å². The summed E-state index contributed by atoms with van der Waals surface area (Å²) in [7, 11) is 3.14. The van der Waals surface area contributed by atoms with Crippen LogP contribution in [0.5, 0.6) is 11.5 Å². The van der Waals surface area contributed by atoms with Gasteiger partial charge in [-0.2, -0.15) is 0 Å². The van der Waals surface area contributed by atoms with Crippen LogP contribution in [-0.2, 0) is 11.2 Å². The highest BCUT2D eigenvalue weighted by molar-refractivity contribution is 5.78.